The predicted molar refractivity (Wildman–Crippen MR) is 57.1 cm³/mol. The van der Waals surface area contributed by atoms with Crippen molar-refractivity contribution in [1.82, 2.24) is 0 Å². The molecule has 0 fully saturated rings. The number of ether oxygens (including phenoxy) is 3. The van der Waals surface area contributed by atoms with Gasteiger partial charge >= 0.3 is 0 Å². The first-order valence-electron chi connectivity index (χ1n) is 4.83. The summed E-state index contributed by atoms with van der Waals surface area (Å²) in [4.78, 5) is 0. The zero-order chi connectivity index (χ0) is 10.7. The van der Waals surface area contributed by atoms with Gasteiger partial charge in [-0.2, -0.15) is 0 Å². The smallest absolute Gasteiger partial charge is 0.187 e. The van der Waals surface area contributed by atoms with Crippen molar-refractivity contribution in [2.45, 2.75) is 12.6 Å². The highest BCUT2D eigenvalue weighted by Gasteiger charge is 2.27. The fourth-order valence-electron chi connectivity index (χ4n) is 1.63. The molecule has 80 valence electrons. The van der Waals surface area contributed by atoms with E-state index in [2.05, 4.69) is 0 Å². The van der Waals surface area contributed by atoms with E-state index in [4.69, 9.17) is 14.2 Å². The third-order valence-corrected chi connectivity index (χ3v) is 2.38. The van der Waals surface area contributed by atoms with Gasteiger partial charge in [-0.3, -0.25) is 0 Å². The molecule has 1 aliphatic heterocycles. The van der Waals surface area contributed by atoms with Crippen LogP contribution in [0.2, 0.25) is 0 Å². The fraction of sp³-hybridized carbons (Fsp3) is 0.333. The summed E-state index contributed by atoms with van der Waals surface area (Å²) in [6.07, 6.45) is 1.28. The van der Waals surface area contributed by atoms with E-state index in [1.54, 1.807) is 14.2 Å². The summed E-state index contributed by atoms with van der Waals surface area (Å²) < 4.78 is 15.8. The van der Waals surface area contributed by atoms with E-state index in [1.165, 1.54) is 0 Å². The Morgan fingerprint density at radius 3 is 2.40 bits per heavy atom. The molecule has 1 heterocycles. The maximum absolute atomic E-state index is 5.49. The Morgan fingerprint density at radius 1 is 1.07 bits per heavy atom. The second-order valence-corrected chi connectivity index (χ2v) is 3.30. The molecule has 0 N–H and O–H groups in total. The Kier molecular flexibility index (Phi) is 3.16. The third kappa shape index (κ3) is 2.09. The number of hydrogen-bond acceptors (Lipinski definition) is 3. The average Bonchev–Trinajstić information content (AvgIpc) is 2.73. The van der Waals surface area contributed by atoms with E-state index in [9.17, 15) is 0 Å². The molecule has 0 saturated heterocycles. The molecule has 0 bridgehead atoms. The molecule has 2 atom stereocenters. The Labute approximate surface area is 89.3 Å². The first-order valence-corrected chi connectivity index (χ1v) is 4.83. The van der Waals surface area contributed by atoms with Crippen LogP contribution in [-0.4, -0.2) is 26.8 Å². The molecular formula is C12H14O3. The molecule has 0 radical (unpaired) electrons. The lowest BCUT2D eigenvalue weighted by Crippen LogP contribution is -2.16. The average molecular weight is 206 g/mol. The quantitative estimate of drug-likeness (QED) is 0.757. The Bertz CT molecular complexity index is 345. The highest BCUT2D eigenvalue weighted by molar-refractivity contribution is 5.69. The molecule has 15 heavy (non-hydrogen) atoms. The molecule has 1 aromatic rings. The van der Waals surface area contributed by atoms with Crippen LogP contribution >= 0.6 is 0 Å². The van der Waals surface area contributed by atoms with Crippen molar-refractivity contribution in [2.75, 3.05) is 14.2 Å². The molecule has 1 aromatic carbocycles. The van der Waals surface area contributed by atoms with Crippen molar-refractivity contribution in [3.8, 4) is 0 Å². The number of benzene rings is 1. The van der Waals surface area contributed by atoms with E-state index in [0.717, 1.165) is 11.1 Å². The summed E-state index contributed by atoms with van der Waals surface area (Å²) in [7, 11) is 3.24. The maximum atomic E-state index is 5.49. The van der Waals surface area contributed by atoms with Gasteiger partial charge < -0.3 is 14.2 Å². The summed E-state index contributed by atoms with van der Waals surface area (Å²) in [6.45, 7) is 0. The molecule has 2 rings (SSSR count). The molecule has 1 aliphatic rings. The summed E-state index contributed by atoms with van der Waals surface area (Å²) in [6, 6.07) is 10.0. The molecule has 0 amide bonds. The van der Waals surface area contributed by atoms with Crippen LogP contribution in [0.25, 0.3) is 5.57 Å². The first-order chi connectivity index (χ1) is 7.35. The second-order valence-electron chi connectivity index (χ2n) is 3.30. The van der Waals surface area contributed by atoms with E-state index in [0.29, 0.717) is 0 Å². The summed E-state index contributed by atoms with van der Waals surface area (Å²) in [5, 5.41) is 0. The summed E-state index contributed by atoms with van der Waals surface area (Å²) in [5.41, 5.74) is 2.12. The first kappa shape index (κ1) is 10.4. The molecule has 0 spiro atoms. The van der Waals surface area contributed by atoms with Crippen molar-refractivity contribution < 1.29 is 14.2 Å². The molecule has 0 aromatic heterocycles. The topological polar surface area (TPSA) is 27.7 Å². The zero-order valence-corrected chi connectivity index (χ0v) is 8.84. The van der Waals surface area contributed by atoms with Crippen molar-refractivity contribution in [3.05, 3.63) is 42.0 Å². The van der Waals surface area contributed by atoms with Crippen LogP contribution in [0.5, 0.6) is 0 Å². The van der Waals surface area contributed by atoms with Crippen LogP contribution in [0.1, 0.15) is 5.56 Å². The fourth-order valence-corrected chi connectivity index (χ4v) is 1.63. The van der Waals surface area contributed by atoms with Gasteiger partial charge in [-0.1, -0.05) is 30.3 Å². The van der Waals surface area contributed by atoms with Crippen LogP contribution in [0.15, 0.2) is 36.4 Å². The van der Waals surface area contributed by atoms with Gasteiger partial charge in [-0.15, -0.1) is 0 Å². The SMILES string of the molecule is COC1C=C(c2ccccc2)C(OC)O1. The highest BCUT2D eigenvalue weighted by Crippen LogP contribution is 2.29. The summed E-state index contributed by atoms with van der Waals surface area (Å²) in [5.74, 6) is 0. The molecule has 3 nitrogen and oxygen atoms in total. The van der Waals surface area contributed by atoms with Gasteiger partial charge in [0.15, 0.2) is 12.6 Å². The highest BCUT2D eigenvalue weighted by atomic mass is 16.8. The lowest BCUT2D eigenvalue weighted by atomic mass is 10.1. The largest absolute Gasteiger partial charge is 0.352 e. The van der Waals surface area contributed by atoms with E-state index in [-0.39, 0.29) is 12.6 Å². The van der Waals surface area contributed by atoms with Crippen molar-refractivity contribution in [1.29, 1.82) is 0 Å². The van der Waals surface area contributed by atoms with Gasteiger partial charge in [0.25, 0.3) is 0 Å². The maximum Gasteiger partial charge on any atom is 0.187 e. The minimum absolute atomic E-state index is 0.315. The summed E-state index contributed by atoms with van der Waals surface area (Å²) >= 11 is 0. The monoisotopic (exact) mass is 206 g/mol. The normalized spacial score (nSPS) is 25.3. The molecular weight excluding hydrogens is 192 g/mol. The molecule has 0 saturated carbocycles. The number of rotatable bonds is 3. The van der Waals surface area contributed by atoms with Crippen LogP contribution in [0.3, 0.4) is 0 Å². The minimum atomic E-state index is -0.336. The lowest BCUT2D eigenvalue weighted by molar-refractivity contribution is -0.170. The Morgan fingerprint density at radius 2 is 1.80 bits per heavy atom. The molecule has 2 unspecified atom stereocenters. The van der Waals surface area contributed by atoms with Gasteiger partial charge in [-0.25, -0.2) is 0 Å². The van der Waals surface area contributed by atoms with Crippen LogP contribution in [0, 0.1) is 0 Å². The van der Waals surface area contributed by atoms with Gasteiger partial charge in [-0.05, 0) is 11.6 Å². The Hall–Kier alpha value is -1.16. The van der Waals surface area contributed by atoms with Crippen molar-refractivity contribution in [2.24, 2.45) is 0 Å². The van der Waals surface area contributed by atoms with Gasteiger partial charge in [0.05, 0.1) is 0 Å². The van der Waals surface area contributed by atoms with Crippen molar-refractivity contribution in [3.63, 3.8) is 0 Å². The van der Waals surface area contributed by atoms with Crippen LogP contribution in [0.4, 0.5) is 0 Å². The molecule has 0 aliphatic carbocycles. The Balaban J connectivity index is 2.27. The van der Waals surface area contributed by atoms with Crippen LogP contribution < -0.4 is 0 Å². The predicted octanol–water partition coefficient (Wildman–Crippen LogP) is 2.05. The number of hydrogen-bond donors (Lipinski definition) is 0. The number of methoxy groups -OCH3 is 2. The minimum Gasteiger partial charge on any atom is -0.352 e. The third-order valence-electron chi connectivity index (χ3n) is 2.38. The van der Waals surface area contributed by atoms with E-state index in [1.807, 2.05) is 36.4 Å². The zero-order valence-electron chi connectivity index (χ0n) is 8.84. The van der Waals surface area contributed by atoms with Gasteiger partial charge in [0, 0.05) is 19.8 Å². The second kappa shape index (κ2) is 4.57. The van der Waals surface area contributed by atoms with E-state index >= 15 is 0 Å². The standard InChI is InChI=1S/C12H14O3/c1-13-11-8-10(12(14-2)15-11)9-6-4-3-5-7-9/h3-8,11-12H,1-2H3. The van der Waals surface area contributed by atoms with Crippen LogP contribution in [-0.2, 0) is 14.2 Å². The van der Waals surface area contributed by atoms with Gasteiger partial charge in [0.2, 0.25) is 0 Å². The van der Waals surface area contributed by atoms with Gasteiger partial charge in [0.1, 0.15) is 0 Å². The molecule has 3 heteroatoms. The van der Waals surface area contributed by atoms with E-state index < -0.39 is 0 Å². The van der Waals surface area contributed by atoms with Crippen molar-refractivity contribution >= 4 is 5.57 Å². The lowest BCUT2D eigenvalue weighted by Gasteiger charge is -2.14.